The van der Waals surface area contributed by atoms with Crippen LogP contribution in [-0.4, -0.2) is 75.8 Å². The molecule has 43 heavy (non-hydrogen) atoms. The van der Waals surface area contributed by atoms with E-state index in [0.717, 1.165) is 35.9 Å². The van der Waals surface area contributed by atoms with Crippen LogP contribution in [0.4, 0.5) is 10.1 Å². The van der Waals surface area contributed by atoms with Crippen LogP contribution >= 0.6 is 11.6 Å². The lowest BCUT2D eigenvalue weighted by Crippen LogP contribution is -2.54. The van der Waals surface area contributed by atoms with Crippen molar-refractivity contribution in [1.29, 1.82) is 5.26 Å². The van der Waals surface area contributed by atoms with Gasteiger partial charge in [0.15, 0.2) is 5.82 Å². The second kappa shape index (κ2) is 11.1. The smallest absolute Gasteiger partial charge is 0.271 e. The van der Waals surface area contributed by atoms with Crippen molar-refractivity contribution < 1.29 is 9.18 Å². The van der Waals surface area contributed by atoms with Gasteiger partial charge < -0.3 is 19.3 Å². The summed E-state index contributed by atoms with van der Waals surface area (Å²) in [4.78, 5) is 32.4. The van der Waals surface area contributed by atoms with Gasteiger partial charge in [-0.2, -0.15) is 10.4 Å². The highest BCUT2D eigenvalue weighted by atomic mass is 35.5. The topological polar surface area (TPSA) is 101 Å². The van der Waals surface area contributed by atoms with Crippen molar-refractivity contribution in [2.75, 3.05) is 38.1 Å². The number of benzene rings is 2. The molecule has 2 aliphatic heterocycles. The molecule has 2 aromatic carbocycles. The molecule has 2 aliphatic rings. The Bertz CT molecular complexity index is 1890. The van der Waals surface area contributed by atoms with Crippen LogP contribution in [0.1, 0.15) is 30.9 Å². The molecule has 0 spiro atoms. The molecular weight excluding hydrogens is 569 g/mol. The molecule has 4 heterocycles. The van der Waals surface area contributed by atoms with Crippen LogP contribution in [0.2, 0.25) is 5.02 Å². The van der Waals surface area contributed by atoms with Crippen molar-refractivity contribution in [2.24, 2.45) is 0 Å². The molecular formula is C32H33ClFN7O2. The van der Waals surface area contributed by atoms with Gasteiger partial charge in [0.1, 0.15) is 11.6 Å². The van der Waals surface area contributed by atoms with Crippen LogP contribution in [0.5, 0.6) is 0 Å². The van der Waals surface area contributed by atoms with Gasteiger partial charge >= 0.3 is 0 Å². The molecule has 9 nitrogen and oxygen atoms in total. The van der Waals surface area contributed by atoms with Gasteiger partial charge in [-0.15, -0.1) is 0 Å². The summed E-state index contributed by atoms with van der Waals surface area (Å²) >= 11 is 6.96. The third kappa shape index (κ3) is 4.67. The molecule has 222 valence electrons. The van der Waals surface area contributed by atoms with E-state index >= 15 is 4.39 Å². The Hall–Kier alpha value is -4.20. The lowest BCUT2D eigenvalue weighted by atomic mass is 9.94. The maximum absolute atomic E-state index is 17.3. The number of fused-ring (bicyclic) bond motifs is 2. The first-order valence-corrected chi connectivity index (χ1v) is 14.8. The lowest BCUT2D eigenvalue weighted by Gasteiger charge is -2.41. The average Bonchev–Trinajstić information content (AvgIpc) is 3.63. The first-order chi connectivity index (χ1) is 20.7. The molecule has 2 saturated heterocycles. The van der Waals surface area contributed by atoms with Gasteiger partial charge in [-0.25, -0.2) is 4.39 Å². The van der Waals surface area contributed by atoms with Gasteiger partial charge in [0.2, 0.25) is 5.91 Å². The third-order valence-corrected chi connectivity index (χ3v) is 9.37. The number of rotatable bonds is 5. The minimum atomic E-state index is -0.615. The Labute approximate surface area is 253 Å². The zero-order valence-electron chi connectivity index (χ0n) is 24.5. The van der Waals surface area contributed by atoms with Crippen molar-refractivity contribution in [3.8, 4) is 17.2 Å². The molecule has 0 radical (unpaired) electrons. The second-order valence-electron chi connectivity index (χ2n) is 11.6. The molecule has 2 fully saturated rings. The summed E-state index contributed by atoms with van der Waals surface area (Å²) < 4.78 is 18.7. The van der Waals surface area contributed by atoms with E-state index in [1.165, 1.54) is 10.6 Å². The zero-order valence-corrected chi connectivity index (χ0v) is 25.2. The first kappa shape index (κ1) is 28.9. The first-order valence-electron chi connectivity index (χ1n) is 14.5. The molecule has 1 N–H and O–H groups in total. The number of hydrogen-bond donors (Lipinski definition) is 1. The predicted molar refractivity (Wildman–Crippen MR) is 167 cm³/mol. The van der Waals surface area contributed by atoms with Gasteiger partial charge in [0, 0.05) is 60.2 Å². The van der Waals surface area contributed by atoms with E-state index in [1.54, 1.807) is 17.2 Å². The van der Waals surface area contributed by atoms with Gasteiger partial charge in [-0.05, 0) is 64.1 Å². The Morgan fingerprint density at radius 3 is 2.74 bits per heavy atom. The van der Waals surface area contributed by atoms with E-state index < -0.39 is 11.4 Å². The second-order valence-corrected chi connectivity index (χ2v) is 12.0. The van der Waals surface area contributed by atoms with Crippen LogP contribution in [0, 0.1) is 24.1 Å². The molecule has 0 unspecified atom stereocenters. The summed E-state index contributed by atoms with van der Waals surface area (Å²) in [7, 11) is 2.00. The standard InChI is InChI=1S/C32H33ClFN7O2/c1-5-26(42)40-12-11-39(16-19(40)3)30-21-13-24(33)28(27-18(2)8-9-25-23(27)15-36-37-25)29(34)31(21)41(32(43)22(30)14-35)17-20-7-6-10-38(20)4/h5,8-9,13,15,19-20H,1,6-7,10-12,16-17H2,2-4H3,(H,36,37)/t19-,20+/m1/s1. The maximum Gasteiger partial charge on any atom is 0.271 e. The van der Waals surface area contributed by atoms with E-state index in [0.29, 0.717) is 36.3 Å². The largest absolute Gasteiger partial charge is 0.366 e. The summed E-state index contributed by atoms with van der Waals surface area (Å²) in [6.07, 6.45) is 4.76. The minimum Gasteiger partial charge on any atom is -0.366 e. The number of halogens is 2. The quantitative estimate of drug-likeness (QED) is 0.329. The SMILES string of the molecule is C=CC(=O)N1CCN(c2c(C#N)c(=O)n(C[C@@H]3CCCN3C)c3c(F)c(-c4c(C)ccc5[nH]ncc45)c(Cl)cc23)C[C@H]1C. The molecule has 0 aliphatic carbocycles. The number of carbonyl (C=O) groups is 1. The number of amides is 1. The lowest BCUT2D eigenvalue weighted by molar-refractivity contribution is -0.128. The highest BCUT2D eigenvalue weighted by molar-refractivity contribution is 6.35. The minimum absolute atomic E-state index is 0.0179. The fourth-order valence-corrected chi connectivity index (χ4v) is 7.13. The number of carbonyl (C=O) groups excluding carboxylic acids is 1. The number of hydrogen-bond acceptors (Lipinski definition) is 6. The van der Waals surface area contributed by atoms with E-state index in [9.17, 15) is 14.9 Å². The number of likely N-dealkylation sites (N-methyl/N-ethyl adjacent to an activating group) is 1. The molecule has 4 aromatic rings. The van der Waals surface area contributed by atoms with Crippen LogP contribution in [0.25, 0.3) is 32.9 Å². The van der Waals surface area contributed by atoms with E-state index in [-0.39, 0.29) is 46.2 Å². The third-order valence-electron chi connectivity index (χ3n) is 9.07. The number of aryl methyl sites for hydroxylation is 1. The Morgan fingerprint density at radius 1 is 1.28 bits per heavy atom. The number of pyridine rings is 1. The predicted octanol–water partition coefficient (Wildman–Crippen LogP) is 4.83. The van der Waals surface area contributed by atoms with Crippen molar-refractivity contribution >= 4 is 45.0 Å². The maximum atomic E-state index is 17.3. The van der Waals surface area contributed by atoms with Crippen LogP contribution in [0.15, 0.2) is 41.8 Å². The molecule has 0 saturated carbocycles. The molecule has 2 atom stereocenters. The summed E-state index contributed by atoms with van der Waals surface area (Å²) in [6.45, 7) is 9.59. The zero-order chi connectivity index (χ0) is 30.6. The Balaban J connectivity index is 1.64. The van der Waals surface area contributed by atoms with Crippen LogP contribution < -0.4 is 10.5 Å². The van der Waals surface area contributed by atoms with E-state index in [2.05, 4.69) is 27.7 Å². The van der Waals surface area contributed by atoms with E-state index in [1.807, 2.05) is 37.9 Å². The highest BCUT2D eigenvalue weighted by Crippen LogP contribution is 2.43. The number of likely N-dealkylation sites (tertiary alicyclic amines) is 1. The number of anilines is 1. The van der Waals surface area contributed by atoms with Crippen LogP contribution in [-0.2, 0) is 11.3 Å². The average molecular weight is 602 g/mol. The number of aromatic amines is 1. The fraction of sp³-hybridized carbons (Fsp3) is 0.375. The number of nitrogens with zero attached hydrogens (tertiary/aromatic N) is 6. The fourth-order valence-electron chi connectivity index (χ4n) is 6.84. The van der Waals surface area contributed by atoms with Crippen molar-refractivity contribution in [1.82, 2.24) is 24.6 Å². The normalized spacial score (nSPS) is 19.3. The van der Waals surface area contributed by atoms with Crippen molar-refractivity contribution in [3.05, 3.63) is 69.4 Å². The molecule has 6 rings (SSSR count). The van der Waals surface area contributed by atoms with Crippen molar-refractivity contribution in [3.63, 3.8) is 0 Å². The number of nitriles is 1. The van der Waals surface area contributed by atoms with Crippen molar-refractivity contribution in [2.45, 2.75) is 45.3 Å². The summed E-state index contributed by atoms with van der Waals surface area (Å²) in [6, 6.07) is 7.38. The number of aromatic nitrogens is 3. The monoisotopic (exact) mass is 601 g/mol. The molecule has 11 heteroatoms. The van der Waals surface area contributed by atoms with Gasteiger partial charge in [0.25, 0.3) is 5.56 Å². The van der Waals surface area contributed by atoms with Gasteiger partial charge in [-0.3, -0.25) is 14.7 Å². The number of piperazine rings is 1. The summed E-state index contributed by atoms with van der Waals surface area (Å²) in [5, 5.41) is 18.7. The van der Waals surface area contributed by atoms with Crippen LogP contribution in [0.3, 0.4) is 0 Å². The molecule has 2 aromatic heterocycles. The van der Waals surface area contributed by atoms with Gasteiger partial charge in [-0.1, -0.05) is 24.2 Å². The Kier molecular flexibility index (Phi) is 7.48. The Morgan fingerprint density at radius 2 is 2.07 bits per heavy atom. The van der Waals surface area contributed by atoms with E-state index in [4.69, 9.17) is 11.6 Å². The number of H-pyrrole nitrogens is 1. The van der Waals surface area contributed by atoms with Gasteiger partial charge in [0.05, 0.1) is 27.9 Å². The molecule has 0 bridgehead atoms. The molecule has 1 amide bonds. The number of nitrogens with one attached hydrogen (secondary N) is 1. The summed E-state index contributed by atoms with van der Waals surface area (Å²) in [5.41, 5.74) is 2.22. The summed E-state index contributed by atoms with van der Waals surface area (Å²) in [5.74, 6) is -0.799. The highest BCUT2D eigenvalue weighted by Gasteiger charge is 2.33.